The third-order valence-electron chi connectivity index (χ3n) is 3.47. The minimum atomic E-state index is -0.396. The van der Waals surface area contributed by atoms with Crippen LogP contribution in [0.1, 0.15) is 23.5 Å². The number of carbonyl (C=O) groups excluding carboxylic acids is 2. The van der Waals surface area contributed by atoms with Crippen LogP contribution in [-0.4, -0.2) is 16.8 Å². The van der Waals surface area contributed by atoms with E-state index in [4.69, 9.17) is 0 Å². The maximum Gasteiger partial charge on any atom is 0.243 e. The van der Waals surface area contributed by atoms with Crippen molar-refractivity contribution in [2.75, 3.05) is 4.90 Å². The number of aryl methyl sites for hydroxylation is 1. The molecule has 100 valence electrons. The van der Waals surface area contributed by atoms with Gasteiger partial charge in [0.05, 0.1) is 5.92 Å². The molecule has 1 atom stereocenters. The molecular formula is C16H14N2O2. The Morgan fingerprint density at radius 2 is 1.85 bits per heavy atom. The van der Waals surface area contributed by atoms with Crippen molar-refractivity contribution in [2.45, 2.75) is 19.3 Å². The van der Waals surface area contributed by atoms with Crippen LogP contribution in [0.4, 0.5) is 5.82 Å². The summed E-state index contributed by atoms with van der Waals surface area (Å²) in [6.45, 7) is 1.91. The maximum absolute atomic E-state index is 12.5. The van der Waals surface area contributed by atoms with Crippen LogP contribution in [0.25, 0.3) is 0 Å². The molecule has 0 aliphatic carbocycles. The van der Waals surface area contributed by atoms with Crippen molar-refractivity contribution < 1.29 is 9.59 Å². The van der Waals surface area contributed by atoms with E-state index in [0.717, 1.165) is 11.1 Å². The van der Waals surface area contributed by atoms with Crippen LogP contribution in [0.3, 0.4) is 0 Å². The standard InChI is InChI=1S/C16H14N2O2/c1-11-7-8-14(17-10-11)18-15(19)9-13(16(18)20)12-5-3-2-4-6-12/h2-8,10,13H,9H2,1H3. The van der Waals surface area contributed by atoms with E-state index in [1.807, 2.05) is 43.3 Å². The largest absolute Gasteiger partial charge is 0.274 e. The van der Waals surface area contributed by atoms with Crippen LogP contribution in [0.5, 0.6) is 0 Å². The van der Waals surface area contributed by atoms with Gasteiger partial charge in [0.15, 0.2) is 0 Å². The Morgan fingerprint density at radius 3 is 2.50 bits per heavy atom. The van der Waals surface area contributed by atoms with E-state index in [2.05, 4.69) is 4.98 Å². The SMILES string of the molecule is Cc1ccc(N2C(=O)CC(c3ccccc3)C2=O)nc1. The van der Waals surface area contributed by atoms with Gasteiger partial charge in [-0.3, -0.25) is 9.59 Å². The lowest BCUT2D eigenvalue weighted by Gasteiger charge is -2.14. The summed E-state index contributed by atoms with van der Waals surface area (Å²) in [4.78, 5) is 30.0. The summed E-state index contributed by atoms with van der Waals surface area (Å²) < 4.78 is 0. The molecule has 3 rings (SSSR count). The molecule has 1 aromatic heterocycles. The first-order valence-corrected chi connectivity index (χ1v) is 6.51. The highest BCUT2D eigenvalue weighted by Gasteiger charge is 2.40. The van der Waals surface area contributed by atoms with E-state index >= 15 is 0 Å². The fourth-order valence-corrected chi connectivity index (χ4v) is 2.41. The van der Waals surface area contributed by atoms with Crippen molar-refractivity contribution in [1.29, 1.82) is 0 Å². The van der Waals surface area contributed by atoms with Crippen molar-refractivity contribution in [3.05, 3.63) is 59.8 Å². The lowest BCUT2D eigenvalue weighted by Crippen LogP contribution is -2.30. The van der Waals surface area contributed by atoms with Crippen molar-refractivity contribution in [3.63, 3.8) is 0 Å². The summed E-state index contributed by atoms with van der Waals surface area (Å²) in [5, 5.41) is 0. The fourth-order valence-electron chi connectivity index (χ4n) is 2.41. The molecule has 0 N–H and O–H groups in total. The van der Waals surface area contributed by atoms with Crippen molar-refractivity contribution in [1.82, 2.24) is 4.98 Å². The number of anilines is 1. The van der Waals surface area contributed by atoms with Crippen LogP contribution in [0, 0.1) is 6.92 Å². The first kappa shape index (κ1) is 12.5. The van der Waals surface area contributed by atoms with Gasteiger partial charge in [0.2, 0.25) is 11.8 Å². The topological polar surface area (TPSA) is 50.3 Å². The van der Waals surface area contributed by atoms with E-state index in [1.165, 1.54) is 4.90 Å². The molecule has 0 radical (unpaired) electrons. The molecule has 1 aliphatic heterocycles. The Labute approximate surface area is 117 Å². The van der Waals surface area contributed by atoms with Crippen LogP contribution in [-0.2, 0) is 9.59 Å². The lowest BCUT2D eigenvalue weighted by atomic mass is 9.98. The average Bonchev–Trinajstić information content (AvgIpc) is 2.76. The van der Waals surface area contributed by atoms with Crippen LogP contribution < -0.4 is 4.90 Å². The van der Waals surface area contributed by atoms with Crippen molar-refractivity contribution >= 4 is 17.6 Å². The predicted molar refractivity (Wildman–Crippen MR) is 75.3 cm³/mol. The number of carbonyl (C=O) groups is 2. The van der Waals surface area contributed by atoms with E-state index in [9.17, 15) is 9.59 Å². The molecule has 1 aliphatic rings. The van der Waals surface area contributed by atoms with E-state index < -0.39 is 5.92 Å². The van der Waals surface area contributed by atoms with Gasteiger partial charge in [-0.15, -0.1) is 0 Å². The summed E-state index contributed by atoms with van der Waals surface area (Å²) in [6, 6.07) is 12.9. The zero-order valence-electron chi connectivity index (χ0n) is 11.1. The van der Waals surface area contributed by atoms with Gasteiger partial charge in [0.25, 0.3) is 0 Å². The zero-order valence-corrected chi connectivity index (χ0v) is 11.1. The second kappa shape index (κ2) is 4.89. The van der Waals surface area contributed by atoms with E-state index in [0.29, 0.717) is 5.82 Å². The highest BCUT2D eigenvalue weighted by Crippen LogP contribution is 2.32. The number of amides is 2. The normalized spacial score (nSPS) is 18.6. The summed E-state index contributed by atoms with van der Waals surface area (Å²) in [5.74, 6) is -0.381. The predicted octanol–water partition coefficient (Wildman–Crippen LogP) is 2.44. The van der Waals surface area contributed by atoms with E-state index in [-0.39, 0.29) is 18.2 Å². The highest BCUT2D eigenvalue weighted by atomic mass is 16.2. The number of imide groups is 1. The van der Waals surface area contributed by atoms with Crippen LogP contribution >= 0.6 is 0 Å². The highest BCUT2D eigenvalue weighted by molar-refractivity contribution is 6.22. The molecule has 0 bridgehead atoms. The number of nitrogens with zero attached hydrogens (tertiary/aromatic N) is 2. The number of aromatic nitrogens is 1. The van der Waals surface area contributed by atoms with Crippen molar-refractivity contribution in [2.24, 2.45) is 0 Å². The minimum Gasteiger partial charge on any atom is -0.274 e. The molecule has 2 heterocycles. The van der Waals surface area contributed by atoms with Gasteiger partial charge in [0, 0.05) is 12.6 Å². The number of benzene rings is 1. The Bertz CT molecular complexity index is 650. The monoisotopic (exact) mass is 266 g/mol. The third-order valence-corrected chi connectivity index (χ3v) is 3.47. The molecule has 1 aromatic carbocycles. The molecule has 4 nitrogen and oxygen atoms in total. The van der Waals surface area contributed by atoms with Gasteiger partial charge in [-0.1, -0.05) is 36.4 Å². The maximum atomic E-state index is 12.5. The quantitative estimate of drug-likeness (QED) is 0.784. The number of pyridine rings is 1. The fraction of sp³-hybridized carbons (Fsp3) is 0.188. The molecular weight excluding hydrogens is 252 g/mol. The van der Waals surface area contributed by atoms with Gasteiger partial charge >= 0.3 is 0 Å². The second-order valence-corrected chi connectivity index (χ2v) is 4.93. The van der Waals surface area contributed by atoms with Gasteiger partial charge in [0.1, 0.15) is 5.82 Å². The summed E-state index contributed by atoms with van der Waals surface area (Å²) in [5.41, 5.74) is 1.87. The molecule has 4 heteroatoms. The molecule has 20 heavy (non-hydrogen) atoms. The van der Waals surface area contributed by atoms with Gasteiger partial charge in [-0.25, -0.2) is 9.88 Å². The van der Waals surface area contributed by atoms with Gasteiger partial charge in [-0.05, 0) is 24.1 Å². The first-order valence-electron chi connectivity index (χ1n) is 6.51. The smallest absolute Gasteiger partial charge is 0.243 e. The second-order valence-electron chi connectivity index (χ2n) is 4.93. The van der Waals surface area contributed by atoms with Gasteiger partial charge in [-0.2, -0.15) is 0 Å². The number of rotatable bonds is 2. The molecule has 1 unspecified atom stereocenters. The van der Waals surface area contributed by atoms with Gasteiger partial charge < -0.3 is 0 Å². The first-order chi connectivity index (χ1) is 9.66. The lowest BCUT2D eigenvalue weighted by molar-refractivity contribution is -0.121. The molecule has 0 saturated carbocycles. The Kier molecular flexibility index (Phi) is 3.06. The summed E-state index contributed by atoms with van der Waals surface area (Å²) in [7, 11) is 0. The Morgan fingerprint density at radius 1 is 1.10 bits per heavy atom. The number of hydrogen-bond donors (Lipinski definition) is 0. The zero-order chi connectivity index (χ0) is 14.1. The molecule has 1 saturated heterocycles. The van der Waals surface area contributed by atoms with Crippen molar-refractivity contribution in [3.8, 4) is 0 Å². The average molecular weight is 266 g/mol. The van der Waals surface area contributed by atoms with Crippen LogP contribution in [0.2, 0.25) is 0 Å². The molecule has 2 amide bonds. The van der Waals surface area contributed by atoms with Crippen LogP contribution in [0.15, 0.2) is 48.7 Å². The Balaban J connectivity index is 1.93. The molecule has 0 spiro atoms. The summed E-state index contributed by atoms with van der Waals surface area (Å²) in [6.07, 6.45) is 1.87. The third kappa shape index (κ3) is 2.09. The van der Waals surface area contributed by atoms with E-state index in [1.54, 1.807) is 12.3 Å². The minimum absolute atomic E-state index is 0.194. The molecule has 1 fully saturated rings. The Hall–Kier alpha value is -2.49. The summed E-state index contributed by atoms with van der Waals surface area (Å²) >= 11 is 0. The number of hydrogen-bond acceptors (Lipinski definition) is 3. The molecule has 2 aromatic rings.